The van der Waals surface area contributed by atoms with Crippen molar-refractivity contribution >= 4 is 17.3 Å². The highest BCUT2D eigenvalue weighted by Crippen LogP contribution is 2.21. The molecule has 0 spiro atoms. The first kappa shape index (κ1) is 12.9. The molecule has 1 amide bonds. The van der Waals surface area contributed by atoms with Gasteiger partial charge in [0, 0.05) is 30.5 Å². The van der Waals surface area contributed by atoms with Crippen LogP contribution in [0.2, 0.25) is 0 Å². The van der Waals surface area contributed by atoms with Crippen molar-refractivity contribution in [2.24, 2.45) is 5.92 Å². The van der Waals surface area contributed by atoms with E-state index in [1.165, 1.54) is 0 Å². The average Bonchev–Trinajstić information content (AvgIpc) is 2.40. The average molecular weight is 248 g/mol. The molecule has 1 saturated heterocycles. The Hall–Kier alpha value is -1.55. The van der Waals surface area contributed by atoms with Gasteiger partial charge >= 0.3 is 0 Å². The highest BCUT2D eigenvalue weighted by Gasteiger charge is 2.21. The Morgan fingerprint density at radius 1 is 1.44 bits per heavy atom. The molecule has 1 aromatic rings. The van der Waals surface area contributed by atoms with Crippen molar-refractivity contribution in [3.8, 4) is 0 Å². The molecule has 0 aliphatic carbocycles. The number of amides is 1. The second-order valence-electron chi connectivity index (χ2n) is 4.64. The van der Waals surface area contributed by atoms with Crippen LogP contribution in [-0.4, -0.2) is 19.1 Å². The van der Waals surface area contributed by atoms with Gasteiger partial charge in [-0.25, -0.2) is 0 Å². The van der Waals surface area contributed by atoms with Crippen LogP contribution in [0.5, 0.6) is 0 Å². The zero-order valence-electron chi connectivity index (χ0n) is 10.7. The van der Waals surface area contributed by atoms with Gasteiger partial charge in [-0.2, -0.15) is 0 Å². The Bertz CT molecular complexity index is 426. The lowest BCUT2D eigenvalue weighted by molar-refractivity contribution is -0.122. The second kappa shape index (κ2) is 5.87. The molecule has 1 aromatic carbocycles. The number of nitrogens with two attached hydrogens (primary N) is 1. The van der Waals surface area contributed by atoms with E-state index in [9.17, 15) is 4.79 Å². The summed E-state index contributed by atoms with van der Waals surface area (Å²) in [5.74, 6) is 0.132. The predicted octanol–water partition coefficient (Wildman–Crippen LogP) is 2.20. The highest BCUT2D eigenvalue weighted by molar-refractivity contribution is 5.93. The summed E-state index contributed by atoms with van der Waals surface area (Å²) in [6.45, 7) is 3.41. The fourth-order valence-corrected chi connectivity index (χ4v) is 2.20. The van der Waals surface area contributed by atoms with Crippen molar-refractivity contribution in [2.45, 2.75) is 26.2 Å². The third-order valence-corrected chi connectivity index (χ3v) is 3.39. The van der Waals surface area contributed by atoms with Crippen molar-refractivity contribution in [3.63, 3.8) is 0 Å². The maximum Gasteiger partial charge on any atom is 0.227 e. The standard InChI is InChI=1S/C14H20N2O2/c1-2-10-3-4-12(9-13(10)15)16-14(17)11-5-7-18-8-6-11/h3-4,9,11H,2,5-8,15H2,1H3,(H,16,17). The summed E-state index contributed by atoms with van der Waals surface area (Å²) in [5.41, 5.74) is 8.54. The van der Waals surface area contributed by atoms with E-state index < -0.39 is 0 Å². The van der Waals surface area contributed by atoms with E-state index in [0.29, 0.717) is 13.2 Å². The van der Waals surface area contributed by atoms with Gasteiger partial charge < -0.3 is 15.8 Å². The number of hydrogen-bond acceptors (Lipinski definition) is 3. The summed E-state index contributed by atoms with van der Waals surface area (Å²) in [6, 6.07) is 5.71. The Kier molecular flexibility index (Phi) is 4.20. The van der Waals surface area contributed by atoms with Gasteiger partial charge in [-0.3, -0.25) is 4.79 Å². The van der Waals surface area contributed by atoms with Gasteiger partial charge in [0.1, 0.15) is 0 Å². The van der Waals surface area contributed by atoms with Gasteiger partial charge in [0.2, 0.25) is 5.91 Å². The number of nitrogens with one attached hydrogen (secondary N) is 1. The Balaban J connectivity index is 2.00. The Morgan fingerprint density at radius 3 is 2.78 bits per heavy atom. The summed E-state index contributed by atoms with van der Waals surface area (Å²) in [7, 11) is 0. The van der Waals surface area contributed by atoms with Crippen LogP contribution in [-0.2, 0) is 16.0 Å². The fraction of sp³-hybridized carbons (Fsp3) is 0.500. The van der Waals surface area contributed by atoms with Crippen molar-refractivity contribution in [1.29, 1.82) is 0 Å². The molecule has 1 fully saturated rings. The quantitative estimate of drug-likeness (QED) is 0.806. The zero-order chi connectivity index (χ0) is 13.0. The molecule has 4 heteroatoms. The molecule has 4 nitrogen and oxygen atoms in total. The highest BCUT2D eigenvalue weighted by atomic mass is 16.5. The summed E-state index contributed by atoms with van der Waals surface area (Å²) in [5, 5.41) is 2.93. The molecule has 0 radical (unpaired) electrons. The van der Waals surface area contributed by atoms with Gasteiger partial charge in [0.25, 0.3) is 0 Å². The van der Waals surface area contributed by atoms with Crippen molar-refractivity contribution in [3.05, 3.63) is 23.8 Å². The van der Waals surface area contributed by atoms with Gasteiger partial charge in [-0.15, -0.1) is 0 Å². The van der Waals surface area contributed by atoms with Gasteiger partial charge in [0.05, 0.1) is 0 Å². The van der Waals surface area contributed by atoms with Crippen LogP contribution < -0.4 is 11.1 Å². The van der Waals surface area contributed by atoms with E-state index in [1.54, 1.807) is 0 Å². The van der Waals surface area contributed by atoms with Crippen LogP contribution in [0.1, 0.15) is 25.3 Å². The van der Waals surface area contributed by atoms with E-state index in [4.69, 9.17) is 10.5 Å². The van der Waals surface area contributed by atoms with E-state index in [1.807, 2.05) is 18.2 Å². The number of hydrogen-bond donors (Lipinski definition) is 2. The van der Waals surface area contributed by atoms with Crippen LogP contribution in [0.15, 0.2) is 18.2 Å². The maximum absolute atomic E-state index is 12.0. The Labute approximate surface area is 108 Å². The van der Waals surface area contributed by atoms with Gasteiger partial charge in [-0.1, -0.05) is 13.0 Å². The minimum atomic E-state index is 0.0610. The number of benzene rings is 1. The van der Waals surface area contributed by atoms with Crippen molar-refractivity contribution in [1.82, 2.24) is 0 Å². The third kappa shape index (κ3) is 3.01. The first-order chi connectivity index (χ1) is 8.70. The lowest BCUT2D eigenvalue weighted by Crippen LogP contribution is -2.28. The van der Waals surface area contributed by atoms with Gasteiger partial charge in [0.15, 0.2) is 0 Å². The molecule has 0 unspecified atom stereocenters. The molecule has 0 saturated carbocycles. The SMILES string of the molecule is CCc1ccc(NC(=O)C2CCOCC2)cc1N. The Morgan fingerprint density at radius 2 is 2.17 bits per heavy atom. The molecule has 0 atom stereocenters. The van der Waals surface area contributed by atoms with Crippen LogP contribution in [0, 0.1) is 5.92 Å². The molecule has 0 bridgehead atoms. The lowest BCUT2D eigenvalue weighted by Gasteiger charge is -2.21. The topological polar surface area (TPSA) is 64.3 Å². The molecule has 18 heavy (non-hydrogen) atoms. The third-order valence-electron chi connectivity index (χ3n) is 3.39. The molecule has 0 aromatic heterocycles. The number of ether oxygens (including phenoxy) is 1. The first-order valence-corrected chi connectivity index (χ1v) is 6.47. The summed E-state index contributed by atoms with van der Waals surface area (Å²) < 4.78 is 5.25. The predicted molar refractivity (Wildman–Crippen MR) is 72.4 cm³/mol. The van der Waals surface area contributed by atoms with Crippen LogP contribution in [0.3, 0.4) is 0 Å². The molecule has 1 heterocycles. The van der Waals surface area contributed by atoms with Crippen LogP contribution in [0.25, 0.3) is 0 Å². The van der Waals surface area contributed by atoms with E-state index in [-0.39, 0.29) is 11.8 Å². The number of nitrogen functional groups attached to an aromatic ring is 1. The van der Waals surface area contributed by atoms with Crippen molar-refractivity contribution in [2.75, 3.05) is 24.3 Å². The summed E-state index contributed by atoms with van der Waals surface area (Å²) in [4.78, 5) is 12.0. The molecular formula is C14H20N2O2. The number of aryl methyl sites for hydroxylation is 1. The summed E-state index contributed by atoms with van der Waals surface area (Å²) >= 11 is 0. The second-order valence-corrected chi connectivity index (χ2v) is 4.64. The number of rotatable bonds is 3. The molecule has 3 N–H and O–H groups in total. The lowest BCUT2D eigenvalue weighted by atomic mass is 9.99. The van der Waals surface area contributed by atoms with E-state index in [0.717, 1.165) is 36.2 Å². The maximum atomic E-state index is 12.0. The summed E-state index contributed by atoms with van der Waals surface area (Å²) in [6.07, 6.45) is 2.50. The molecule has 98 valence electrons. The minimum Gasteiger partial charge on any atom is -0.398 e. The van der Waals surface area contributed by atoms with E-state index >= 15 is 0 Å². The van der Waals surface area contributed by atoms with E-state index in [2.05, 4.69) is 12.2 Å². The van der Waals surface area contributed by atoms with Gasteiger partial charge in [-0.05, 0) is 37.0 Å². The zero-order valence-corrected chi connectivity index (χ0v) is 10.7. The molecule has 1 aliphatic heterocycles. The molecule has 1 aliphatic rings. The smallest absolute Gasteiger partial charge is 0.227 e. The number of carbonyl (C=O) groups excluding carboxylic acids is 1. The minimum absolute atomic E-state index is 0.0610. The van der Waals surface area contributed by atoms with Crippen LogP contribution in [0.4, 0.5) is 11.4 Å². The monoisotopic (exact) mass is 248 g/mol. The number of anilines is 2. The van der Waals surface area contributed by atoms with Crippen LogP contribution >= 0.6 is 0 Å². The molecular weight excluding hydrogens is 228 g/mol. The van der Waals surface area contributed by atoms with Crippen molar-refractivity contribution < 1.29 is 9.53 Å². The normalized spacial score (nSPS) is 16.5. The first-order valence-electron chi connectivity index (χ1n) is 6.47. The largest absolute Gasteiger partial charge is 0.398 e. The number of carbonyl (C=O) groups is 1. The molecule has 2 rings (SSSR count). The fourth-order valence-electron chi connectivity index (χ4n) is 2.20.